The highest BCUT2D eigenvalue weighted by Gasteiger charge is 2.53. The van der Waals surface area contributed by atoms with E-state index in [0.29, 0.717) is 63.4 Å². The molecule has 0 aromatic carbocycles. The van der Waals surface area contributed by atoms with E-state index < -0.39 is 108 Å². The third-order valence-electron chi connectivity index (χ3n) is 15.4. The number of amides is 1. The van der Waals surface area contributed by atoms with Gasteiger partial charge in [0.15, 0.2) is 18.0 Å². The number of esters is 1. The zero-order chi connectivity index (χ0) is 55.6. The van der Waals surface area contributed by atoms with E-state index in [1.54, 1.807) is 61.8 Å². The lowest BCUT2D eigenvalue weighted by atomic mass is 9.78. The van der Waals surface area contributed by atoms with Gasteiger partial charge in [-0.15, -0.1) is 0 Å². The summed E-state index contributed by atoms with van der Waals surface area (Å²) in [6, 6.07) is -1.20. The summed E-state index contributed by atoms with van der Waals surface area (Å²) in [5.74, 6) is -8.77. The normalized spacial score (nSPS) is 36.3. The summed E-state index contributed by atoms with van der Waals surface area (Å²) in [6.07, 6.45) is 8.32. The molecule has 0 radical (unpaired) electrons. The largest absolute Gasteiger partial charge is 0.508 e. The van der Waals surface area contributed by atoms with Crippen molar-refractivity contribution >= 4 is 41.5 Å². The van der Waals surface area contributed by atoms with Crippen LogP contribution in [0, 0.1) is 35.5 Å². The van der Waals surface area contributed by atoms with Crippen LogP contribution in [0.5, 0.6) is 0 Å². The molecule has 0 aromatic heterocycles. The topological polar surface area (TPSA) is 226 Å². The Balaban J connectivity index is 1.76. The quantitative estimate of drug-likeness (QED) is 0.0936. The molecule has 18 heteroatoms. The van der Waals surface area contributed by atoms with E-state index in [-0.39, 0.29) is 62.4 Å². The summed E-state index contributed by atoms with van der Waals surface area (Å²) in [7, 11) is 4.46. The molecule has 18 nitrogen and oxygen atoms in total. The van der Waals surface area contributed by atoms with Crippen LogP contribution in [0.1, 0.15) is 139 Å². The molecule has 3 heterocycles. The van der Waals surface area contributed by atoms with E-state index in [0.717, 1.165) is 5.57 Å². The van der Waals surface area contributed by atoms with Gasteiger partial charge in [-0.3, -0.25) is 19.2 Å². The molecule has 1 aliphatic carbocycles. The van der Waals surface area contributed by atoms with Crippen LogP contribution >= 0.6 is 0 Å². The molecule has 15 atom stereocenters. The van der Waals surface area contributed by atoms with Crippen molar-refractivity contribution in [2.75, 3.05) is 41.1 Å². The van der Waals surface area contributed by atoms with Gasteiger partial charge in [0, 0.05) is 58.5 Å². The first-order valence-electron chi connectivity index (χ1n) is 27.1. The average molecular weight is 1060 g/mol. The number of Topliss-reactive ketones (excluding diaryl/α,β-unsaturated/α-hetero) is 3. The van der Waals surface area contributed by atoms with Gasteiger partial charge in [0.25, 0.3) is 11.7 Å². The van der Waals surface area contributed by atoms with Crippen LogP contribution in [0.25, 0.3) is 0 Å². The number of rotatable bonds is 10. The molecule has 4 aliphatic rings. The maximum absolute atomic E-state index is 14.6. The number of fused-ring (bicyclic) bond motifs is 3. The first-order valence-corrected chi connectivity index (χ1v) is 27.1. The van der Waals surface area contributed by atoms with Crippen molar-refractivity contribution in [3.8, 4) is 0 Å². The van der Waals surface area contributed by atoms with Gasteiger partial charge in [-0.1, -0.05) is 71.1 Å². The number of nitrogens with zero attached hydrogens (tertiary/aromatic N) is 1. The lowest BCUT2D eigenvalue weighted by Gasteiger charge is -2.42. The number of carbonyl (C=O) groups excluding carboxylic acids is 7. The summed E-state index contributed by atoms with van der Waals surface area (Å²) in [6.45, 7) is 16.0. The zero-order valence-corrected chi connectivity index (χ0v) is 46.6. The van der Waals surface area contributed by atoms with Gasteiger partial charge in [-0.05, 0) is 121 Å². The van der Waals surface area contributed by atoms with Crippen LogP contribution in [0.15, 0.2) is 47.6 Å². The van der Waals surface area contributed by atoms with Gasteiger partial charge in [-0.25, -0.2) is 14.4 Å². The highest BCUT2D eigenvalue weighted by atomic mass is 16.7. The van der Waals surface area contributed by atoms with Crippen molar-refractivity contribution in [1.29, 1.82) is 0 Å². The summed E-state index contributed by atoms with van der Waals surface area (Å²) in [4.78, 5) is 98.4. The molecule has 2 saturated heterocycles. The number of ketones is 3. The Labute approximate surface area is 444 Å². The fraction of sp³-hybridized carbons (Fsp3) is 0.737. The Kier molecular flexibility index (Phi) is 25.3. The Hall–Kier alpha value is -4.75. The molecule has 422 valence electrons. The molecule has 1 saturated carbocycles. The summed E-state index contributed by atoms with van der Waals surface area (Å²) in [5.41, 5.74) is 1.21. The molecule has 0 unspecified atom stereocenters. The number of cyclic esters (lactones) is 1. The average Bonchev–Trinajstić information content (AvgIpc) is 3.37. The molecule has 0 aromatic rings. The molecule has 3 fully saturated rings. The van der Waals surface area contributed by atoms with Crippen LogP contribution in [-0.4, -0.2) is 147 Å². The molecule has 0 spiro atoms. The number of carbonyl (C=O) groups is 7. The molecule has 4 rings (SSSR count). The van der Waals surface area contributed by atoms with Crippen LogP contribution in [0.2, 0.25) is 0 Å². The second kappa shape index (κ2) is 30.3. The van der Waals surface area contributed by atoms with Crippen molar-refractivity contribution in [3.05, 3.63) is 47.6 Å². The predicted octanol–water partition coefficient (Wildman–Crippen LogP) is 8.54. The van der Waals surface area contributed by atoms with Crippen LogP contribution < -0.4 is 0 Å². The predicted molar refractivity (Wildman–Crippen MR) is 277 cm³/mol. The number of ether oxygens (including phenoxy) is 9. The van der Waals surface area contributed by atoms with E-state index in [9.17, 15) is 38.7 Å². The molecule has 3 aliphatic heterocycles. The Morgan fingerprint density at radius 2 is 1.48 bits per heavy atom. The molecule has 1 amide bonds. The van der Waals surface area contributed by atoms with Gasteiger partial charge >= 0.3 is 18.3 Å². The Bertz CT molecular complexity index is 2060. The van der Waals surface area contributed by atoms with E-state index in [4.69, 9.17) is 42.6 Å². The monoisotopic (exact) mass is 1060 g/mol. The van der Waals surface area contributed by atoms with Gasteiger partial charge in [-0.2, -0.15) is 0 Å². The molecular formula is C57H87NO17. The van der Waals surface area contributed by atoms with Gasteiger partial charge in [0.1, 0.15) is 24.0 Å². The maximum Gasteiger partial charge on any atom is 0.508 e. The van der Waals surface area contributed by atoms with E-state index >= 15 is 0 Å². The first kappa shape index (κ1) is 62.8. The minimum atomic E-state index is -2.47. The molecule has 75 heavy (non-hydrogen) atoms. The van der Waals surface area contributed by atoms with Gasteiger partial charge in [0.05, 0.1) is 31.5 Å². The number of hydrogen-bond acceptors (Lipinski definition) is 17. The highest BCUT2D eigenvalue weighted by molar-refractivity contribution is 6.39. The second-order valence-electron chi connectivity index (χ2n) is 21.1. The molecule has 2 bridgehead atoms. The van der Waals surface area contributed by atoms with Crippen LogP contribution in [0.3, 0.4) is 0 Å². The third kappa shape index (κ3) is 17.6. The van der Waals surface area contributed by atoms with Crippen LogP contribution in [-0.2, 0) is 66.6 Å². The standard InChI is InChI=1S/C57H87NO17/c1-13-70-55(64)73-45-26-24-41(31-48(45)68-11)30-37(6)47-33-44(59)36(5)29-39(8)50(74-56(65)71-14-2)51(69-12)49(60)38(7)28-34(3)20-16-15-17-21-35(4)46(67-10)32-42-25-23-40(9)57(66,75-42)52(61)53(62)58-27-19-18-22-43(58)54(63)72-47/h15-17,20-21,29,34,36-38,40-43,45-48,50-51,66H,13-14,18-19,22-28,30-33H2,1-12H3/b17-15-,20-16+,35-21+,39-29+/t34-,36-,37-,38-,40-,41+,42+,43+,45-,46+,47+,48-,50-,51+,57-/m1/s1. The van der Waals surface area contributed by atoms with Crippen molar-refractivity contribution in [1.82, 2.24) is 4.90 Å². The summed E-state index contributed by atoms with van der Waals surface area (Å²) in [5, 5.41) is 12.0. The van der Waals surface area contributed by atoms with E-state index in [2.05, 4.69) is 0 Å². The van der Waals surface area contributed by atoms with Crippen molar-refractivity contribution in [2.24, 2.45) is 35.5 Å². The van der Waals surface area contributed by atoms with E-state index in [1.165, 1.54) is 12.0 Å². The fourth-order valence-electron chi connectivity index (χ4n) is 10.9. The van der Waals surface area contributed by atoms with Crippen LogP contribution in [0.4, 0.5) is 9.59 Å². The fourth-order valence-corrected chi connectivity index (χ4v) is 10.9. The van der Waals surface area contributed by atoms with Crippen molar-refractivity contribution in [3.63, 3.8) is 0 Å². The second-order valence-corrected chi connectivity index (χ2v) is 21.1. The lowest BCUT2D eigenvalue weighted by Crippen LogP contribution is -2.61. The number of methoxy groups -OCH3 is 3. The highest BCUT2D eigenvalue weighted by Crippen LogP contribution is 2.38. The minimum absolute atomic E-state index is 0.00374. The Morgan fingerprint density at radius 1 is 0.787 bits per heavy atom. The minimum Gasteiger partial charge on any atom is -0.460 e. The van der Waals surface area contributed by atoms with Crippen molar-refractivity contribution in [2.45, 2.75) is 194 Å². The SMILES string of the molecule is CCOC(=O)O[C@@H]1/C(C)=C/[C@@H](C)C(=O)C[C@@H]([C@H](C)C[C@@H]2CC[C@@H](OC(=O)OCC)[C@H](OC)C2)OC(=O)[C@@H]2CCCCN2C(=O)C(=O)[C@]2(O)O[C@@H](CC[C@H]2C)C[C@H](OC)/C(C)=C/C=C\C=C\[C@@H](C)C[C@@H](C)C(=O)[C@@H]1OC. The van der Waals surface area contributed by atoms with Crippen molar-refractivity contribution < 1.29 is 81.3 Å². The van der Waals surface area contributed by atoms with E-state index in [1.807, 2.05) is 51.2 Å². The maximum atomic E-state index is 14.6. The number of allylic oxidation sites excluding steroid dienone is 6. The lowest BCUT2D eigenvalue weighted by molar-refractivity contribution is -0.265. The third-order valence-corrected chi connectivity index (χ3v) is 15.4. The number of aliphatic hydroxyl groups is 1. The molecular weight excluding hydrogens is 971 g/mol. The molecule has 1 N–H and O–H groups in total. The number of piperidine rings is 1. The first-order chi connectivity index (χ1) is 35.6. The zero-order valence-electron chi connectivity index (χ0n) is 46.6. The smallest absolute Gasteiger partial charge is 0.460 e. The number of hydrogen-bond donors (Lipinski definition) is 1. The Morgan fingerprint density at radius 3 is 2.13 bits per heavy atom. The summed E-state index contributed by atoms with van der Waals surface area (Å²) >= 11 is 0. The van der Waals surface area contributed by atoms with Gasteiger partial charge in [0.2, 0.25) is 5.79 Å². The van der Waals surface area contributed by atoms with Gasteiger partial charge < -0.3 is 52.6 Å². The summed E-state index contributed by atoms with van der Waals surface area (Å²) < 4.78 is 51.4.